The van der Waals surface area contributed by atoms with Crippen molar-refractivity contribution in [3.8, 4) is 0 Å². The molecule has 1 aliphatic heterocycles. The predicted molar refractivity (Wildman–Crippen MR) is 49.8 cm³/mol. The molecule has 1 unspecified atom stereocenters. The first-order valence-corrected chi connectivity index (χ1v) is 4.28. The van der Waals surface area contributed by atoms with Crippen molar-refractivity contribution in [3.05, 3.63) is 22.7 Å². The second-order valence-electron chi connectivity index (χ2n) is 3.21. The summed E-state index contributed by atoms with van der Waals surface area (Å²) >= 11 is 0. The van der Waals surface area contributed by atoms with Crippen LogP contribution < -0.4 is 16.2 Å². The molecule has 6 heteroatoms. The third-order valence-electron chi connectivity index (χ3n) is 2.10. The Morgan fingerprint density at radius 2 is 2.36 bits per heavy atom. The highest BCUT2D eigenvalue weighted by Gasteiger charge is 2.30. The Bertz CT molecular complexity index is 414. The molecule has 0 saturated carbocycles. The summed E-state index contributed by atoms with van der Waals surface area (Å²) in [7, 11) is 0. The van der Waals surface area contributed by atoms with E-state index in [9.17, 15) is 9.59 Å². The Hall–Kier alpha value is -1.69. The summed E-state index contributed by atoms with van der Waals surface area (Å²) in [5.74, 6) is -0.0212. The van der Waals surface area contributed by atoms with Crippen molar-refractivity contribution in [2.75, 3.05) is 11.4 Å². The number of hydrogen-bond donors (Lipinski definition) is 2. The van der Waals surface area contributed by atoms with Gasteiger partial charge in [-0.3, -0.25) is 14.5 Å². The summed E-state index contributed by atoms with van der Waals surface area (Å²) in [6, 6.07) is -0.205. The zero-order valence-electron chi connectivity index (χ0n) is 7.43. The number of carbonyl (C=O) groups is 1. The Labute approximate surface area is 79.7 Å². The van der Waals surface area contributed by atoms with Crippen LogP contribution in [0.1, 0.15) is 6.42 Å². The lowest BCUT2D eigenvalue weighted by molar-refractivity contribution is -0.117. The highest BCUT2D eigenvalue weighted by Crippen LogP contribution is 2.13. The predicted octanol–water partition coefficient (Wildman–Crippen LogP) is -1.17. The van der Waals surface area contributed by atoms with E-state index in [1.807, 2.05) is 0 Å². The van der Waals surface area contributed by atoms with E-state index in [0.717, 1.165) is 0 Å². The molecule has 1 aromatic rings. The van der Waals surface area contributed by atoms with Gasteiger partial charge in [0.1, 0.15) is 0 Å². The van der Waals surface area contributed by atoms with E-state index in [1.54, 1.807) is 0 Å². The minimum atomic E-state index is -0.366. The van der Waals surface area contributed by atoms with Crippen molar-refractivity contribution in [1.29, 1.82) is 0 Å². The van der Waals surface area contributed by atoms with E-state index in [0.29, 0.717) is 6.54 Å². The van der Waals surface area contributed by atoms with Gasteiger partial charge in [-0.15, -0.1) is 0 Å². The molecular formula is C8H10N4O2. The maximum absolute atomic E-state index is 11.4. The second kappa shape index (κ2) is 3.22. The fourth-order valence-electron chi connectivity index (χ4n) is 1.48. The fourth-order valence-corrected chi connectivity index (χ4v) is 1.48. The Morgan fingerprint density at radius 3 is 2.93 bits per heavy atom. The first-order valence-electron chi connectivity index (χ1n) is 4.28. The van der Waals surface area contributed by atoms with Crippen LogP contribution in [-0.4, -0.2) is 28.5 Å². The average Bonchev–Trinajstić information content (AvgIpc) is 2.46. The van der Waals surface area contributed by atoms with Gasteiger partial charge in [0.15, 0.2) is 0 Å². The highest BCUT2D eigenvalue weighted by atomic mass is 16.2. The lowest BCUT2D eigenvalue weighted by Gasteiger charge is -2.12. The van der Waals surface area contributed by atoms with Crippen molar-refractivity contribution in [1.82, 2.24) is 9.97 Å². The van der Waals surface area contributed by atoms with Crippen molar-refractivity contribution < 1.29 is 4.79 Å². The van der Waals surface area contributed by atoms with Crippen LogP contribution in [0.5, 0.6) is 0 Å². The summed E-state index contributed by atoms with van der Waals surface area (Å²) in [6.45, 7) is 0.360. The lowest BCUT2D eigenvalue weighted by atomic mass is 10.3. The zero-order valence-corrected chi connectivity index (χ0v) is 7.43. The van der Waals surface area contributed by atoms with Crippen molar-refractivity contribution >= 4 is 11.7 Å². The minimum Gasteiger partial charge on any atom is -0.326 e. The molecule has 1 aromatic heterocycles. The lowest BCUT2D eigenvalue weighted by Crippen LogP contribution is -2.33. The van der Waals surface area contributed by atoms with E-state index < -0.39 is 0 Å². The maximum atomic E-state index is 11.4. The SMILES string of the molecule is NC1CC(=O)N(c2ncc[nH]c2=O)C1. The normalized spacial score (nSPS) is 21.6. The van der Waals surface area contributed by atoms with Crippen LogP contribution in [0.2, 0.25) is 0 Å². The summed E-state index contributed by atoms with van der Waals surface area (Å²) in [5.41, 5.74) is 5.23. The standard InChI is InChI=1S/C8H10N4O2/c9-5-3-6(13)12(4-5)7-8(14)11-2-1-10-7/h1-2,5H,3-4,9H2,(H,11,14). The molecule has 1 saturated heterocycles. The quantitative estimate of drug-likeness (QED) is 0.589. The minimum absolute atomic E-state index is 0.130. The zero-order chi connectivity index (χ0) is 10.1. The fraction of sp³-hybridized carbons (Fsp3) is 0.375. The van der Waals surface area contributed by atoms with Crippen LogP contribution in [0.3, 0.4) is 0 Å². The molecule has 0 aromatic carbocycles. The summed E-state index contributed by atoms with van der Waals surface area (Å²) in [4.78, 5) is 30.3. The summed E-state index contributed by atoms with van der Waals surface area (Å²) in [6.07, 6.45) is 3.14. The number of amides is 1. The van der Waals surface area contributed by atoms with Crippen LogP contribution in [-0.2, 0) is 4.79 Å². The van der Waals surface area contributed by atoms with Gasteiger partial charge < -0.3 is 10.7 Å². The number of aromatic nitrogens is 2. The van der Waals surface area contributed by atoms with E-state index in [1.165, 1.54) is 17.3 Å². The van der Waals surface area contributed by atoms with E-state index in [2.05, 4.69) is 9.97 Å². The van der Waals surface area contributed by atoms with Crippen LogP contribution >= 0.6 is 0 Å². The number of carbonyl (C=O) groups excluding carboxylic acids is 1. The van der Waals surface area contributed by atoms with Crippen molar-refractivity contribution in [2.24, 2.45) is 5.73 Å². The molecule has 0 bridgehead atoms. The number of aromatic amines is 1. The summed E-state index contributed by atoms with van der Waals surface area (Å²) in [5, 5.41) is 0. The molecule has 0 radical (unpaired) electrons. The van der Waals surface area contributed by atoms with E-state index in [-0.39, 0.29) is 29.7 Å². The molecule has 74 valence electrons. The van der Waals surface area contributed by atoms with E-state index >= 15 is 0 Å². The van der Waals surface area contributed by atoms with Gasteiger partial charge >= 0.3 is 0 Å². The smallest absolute Gasteiger partial charge is 0.291 e. The molecule has 2 rings (SSSR count). The molecule has 6 nitrogen and oxygen atoms in total. The molecule has 14 heavy (non-hydrogen) atoms. The number of rotatable bonds is 1. The van der Waals surface area contributed by atoms with Gasteiger partial charge in [-0.05, 0) is 0 Å². The number of nitrogens with one attached hydrogen (secondary N) is 1. The molecule has 1 atom stereocenters. The van der Waals surface area contributed by atoms with Crippen LogP contribution in [0.15, 0.2) is 17.2 Å². The molecule has 2 heterocycles. The Morgan fingerprint density at radius 1 is 1.57 bits per heavy atom. The van der Waals surface area contributed by atoms with Crippen LogP contribution in [0.4, 0.5) is 5.82 Å². The topological polar surface area (TPSA) is 92.1 Å². The largest absolute Gasteiger partial charge is 0.326 e. The molecule has 1 aliphatic rings. The molecule has 3 N–H and O–H groups in total. The maximum Gasteiger partial charge on any atom is 0.291 e. The first-order chi connectivity index (χ1) is 6.68. The third-order valence-corrected chi connectivity index (χ3v) is 2.10. The molecule has 1 fully saturated rings. The molecule has 0 spiro atoms. The number of anilines is 1. The number of nitrogens with two attached hydrogens (primary N) is 1. The molecule has 1 amide bonds. The first kappa shape index (κ1) is 8.89. The molecule has 0 aliphatic carbocycles. The number of hydrogen-bond acceptors (Lipinski definition) is 4. The third kappa shape index (κ3) is 1.39. The average molecular weight is 194 g/mol. The number of nitrogens with zero attached hydrogens (tertiary/aromatic N) is 2. The van der Waals surface area contributed by atoms with E-state index in [4.69, 9.17) is 5.73 Å². The highest BCUT2D eigenvalue weighted by molar-refractivity contribution is 5.95. The summed E-state index contributed by atoms with van der Waals surface area (Å²) < 4.78 is 0. The van der Waals surface area contributed by atoms with Gasteiger partial charge in [-0.2, -0.15) is 0 Å². The second-order valence-corrected chi connectivity index (χ2v) is 3.21. The van der Waals surface area contributed by atoms with Crippen molar-refractivity contribution in [3.63, 3.8) is 0 Å². The number of H-pyrrole nitrogens is 1. The molecular weight excluding hydrogens is 184 g/mol. The van der Waals surface area contributed by atoms with Crippen LogP contribution in [0.25, 0.3) is 0 Å². The Kier molecular flexibility index (Phi) is 2.05. The van der Waals surface area contributed by atoms with Gasteiger partial charge in [0.25, 0.3) is 5.56 Å². The monoisotopic (exact) mass is 194 g/mol. The van der Waals surface area contributed by atoms with Gasteiger partial charge in [0.2, 0.25) is 11.7 Å². The van der Waals surface area contributed by atoms with Gasteiger partial charge in [-0.25, -0.2) is 4.98 Å². The van der Waals surface area contributed by atoms with Crippen molar-refractivity contribution in [2.45, 2.75) is 12.5 Å². The Balaban J connectivity index is 2.37. The van der Waals surface area contributed by atoms with Gasteiger partial charge in [0, 0.05) is 31.4 Å². The van der Waals surface area contributed by atoms with Gasteiger partial charge in [0.05, 0.1) is 0 Å². The van der Waals surface area contributed by atoms with Crippen LogP contribution in [0, 0.1) is 0 Å². The van der Waals surface area contributed by atoms with Gasteiger partial charge in [-0.1, -0.05) is 0 Å².